The van der Waals surface area contributed by atoms with Gasteiger partial charge >= 0.3 is 24.3 Å². The predicted octanol–water partition coefficient (Wildman–Crippen LogP) is 8.95. The number of rotatable bonds is 4. The molecule has 18 nitrogen and oxygen atoms in total. The molecule has 2 atom stereocenters. The lowest BCUT2D eigenvalue weighted by Gasteiger charge is -2.21. The molecule has 1 fully saturated rings. The van der Waals surface area contributed by atoms with Crippen molar-refractivity contribution in [3.8, 4) is 0 Å². The predicted molar refractivity (Wildman–Crippen MR) is 255 cm³/mol. The number of nitrogens with two attached hydrogens (primary N) is 1. The number of carbonyl (C=O) groups is 6. The lowest BCUT2D eigenvalue weighted by Crippen LogP contribution is -2.33. The fourth-order valence-electron chi connectivity index (χ4n) is 8.33. The van der Waals surface area contributed by atoms with Gasteiger partial charge in [0.15, 0.2) is 0 Å². The van der Waals surface area contributed by atoms with Gasteiger partial charge in [-0.1, -0.05) is 90.1 Å². The minimum atomic E-state index is -1.00. The summed E-state index contributed by atoms with van der Waals surface area (Å²) >= 11 is 0. The number of methoxy groups -OCH3 is 2. The van der Waals surface area contributed by atoms with Crippen LogP contribution in [0, 0.1) is 0 Å². The first-order chi connectivity index (χ1) is 32.3. The summed E-state index contributed by atoms with van der Waals surface area (Å²) in [5.74, 6) is -1.15. The maximum absolute atomic E-state index is 12.7. The number of hydroxylamine groups is 2. The van der Waals surface area contributed by atoms with Crippen molar-refractivity contribution in [3.05, 3.63) is 119 Å². The highest BCUT2D eigenvalue weighted by Crippen LogP contribution is 2.36. The van der Waals surface area contributed by atoms with Crippen LogP contribution in [0.5, 0.6) is 0 Å². The summed E-state index contributed by atoms with van der Waals surface area (Å²) in [5, 5.41) is 17.9. The summed E-state index contributed by atoms with van der Waals surface area (Å²) in [6, 6.07) is 23.3. The molecule has 2 aromatic heterocycles. The molecule has 5 N–H and O–H groups in total. The Morgan fingerprint density at radius 1 is 0.647 bits per heavy atom. The van der Waals surface area contributed by atoms with Gasteiger partial charge in [0.2, 0.25) is 0 Å². The number of carbonyl (C=O) groups excluding carboxylic acids is 6. The zero-order valence-corrected chi connectivity index (χ0v) is 39.5. The maximum atomic E-state index is 12.7. The molecule has 68 heavy (non-hydrogen) atoms. The van der Waals surface area contributed by atoms with Crippen molar-refractivity contribution in [1.29, 1.82) is 0 Å². The van der Waals surface area contributed by atoms with Crippen LogP contribution in [0.2, 0.25) is 0 Å². The Morgan fingerprint density at radius 2 is 1.13 bits per heavy atom. The fourth-order valence-corrected chi connectivity index (χ4v) is 8.33. The third-order valence-corrected chi connectivity index (χ3v) is 12.1. The molecule has 9 rings (SSSR count). The van der Waals surface area contributed by atoms with E-state index in [1.807, 2.05) is 0 Å². The van der Waals surface area contributed by atoms with E-state index in [1.165, 1.54) is 58.5 Å². The van der Waals surface area contributed by atoms with E-state index in [2.05, 4.69) is 109 Å². The number of hydrogen-bond donors (Lipinski definition) is 4. The van der Waals surface area contributed by atoms with Crippen molar-refractivity contribution < 1.29 is 43.1 Å². The smallest absolute Gasteiger partial charge is 0.436 e. The number of aryl methyl sites for hydroxylation is 2. The maximum Gasteiger partial charge on any atom is 0.436 e. The largest absolute Gasteiger partial charge is 0.451 e. The number of fused-ring (bicyclic) bond motifs is 4. The van der Waals surface area contributed by atoms with Crippen LogP contribution in [0.25, 0.3) is 21.8 Å². The van der Waals surface area contributed by atoms with E-state index in [0.29, 0.717) is 38.2 Å². The van der Waals surface area contributed by atoms with Crippen molar-refractivity contribution >= 4 is 69.3 Å². The number of ether oxygens (including phenoxy) is 2. The minimum Gasteiger partial charge on any atom is -0.451 e. The Balaban J connectivity index is 0.000000161. The van der Waals surface area contributed by atoms with Gasteiger partial charge in [0.25, 0.3) is 11.8 Å². The number of amides is 5. The molecular formula is C50H57N9O9. The van der Waals surface area contributed by atoms with Crippen LogP contribution in [0.1, 0.15) is 113 Å². The van der Waals surface area contributed by atoms with Gasteiger partial charge in [0.05, 0.1) is 55.1 Å². The van der Waals surface area contributed by atoms with Crippen molar-refractivity contribution in [2.75, 3.05) is 24.9 Å². The van der Waals surface area contributed by atoms with Crippen molar-refractivity contribution in [2.45, 2.75) is 103 Å². The number of aromatic nitrogens is 4. The van der Waals surface area contributed by atoms with Gasteiger partial charge in [0, 0.05) is 29.7 Å². The molecule has 0 unspecified atom stereocenters. The molecule has 1 aliphatic heterocycles. The molecule has 6 aromatic rings. The number of urea groups is 1. The average molecular weight is 928 g/mol. The number of hydrogen-bond acceptors (Lipinski definition) is 12. The van der Waals surface area contributed by atoms with E-state index in [1.54, 1.807) is 42.6 Å². The SMILES string of the molecule is CC(C)(C)c1ccc2c(c1)CC[C@H]2N.COC(=O)n1ncc2c(NC(=O)N[C@H]3CCc4cc(C(C)(C)C)ccc43)cccc21.COC(=O)n1ncc2c(NC(=O)ON3C(=O)CCC3=O)cccc21. The number of nitrogens with one attached hydrogen (secondary N) is 3. The lowest BCUT2D eigenvalue weighted by atomic mass is 9.85. The molecule has 3 aliphatic rings. The first kappa shape index (κ1) is 48.3. The number of imide groups is 1. The third-order valence-electron chi connectivity index (χ3n) is 12.1. The second kappa shape index (κ2) is 19.7. The molecule has 0 bridgehead atoms. The van der Waals surface area contributed by atoms with Crippen LogP contribution in [0.15, 0.2) is 85.2 Å². The zero-order valence-electron chi connectivity index (χ0n) is 39.5. The van der Waals surface area contributed by atoms with Gasteiger partial charge in [-0.3, -0.25) is 14.9 Å². The number of nitrogens with zero attached hydrogens (tertiary/aromatic N) is 5. The van der Waals surface area contributed by atoms with Gasteiger partial charge < -0.3 is 30.7 Å². The molecule has 3 heterocycles. The molecule has 4 aromatic carbocycles. The van der Waals surface area contributed by atoms with Crippen molar-refractivity contribution in [1.82, 2.24) is 29.9 Å². The second-order valence-corrected chi connectivity index (χ2v) is 18.8. The highest BCUT2D eigenvalue weighted by atomic mass is 16.7. The molecule has 5 amide bonds. The van der Waals surface area contributed by atoms with Gasteiger partial charge in [-0.15, -0.1) is 5.06 Å². The Morgan fingerprint density at radius 3 is 1.65 bits per heavy atom. The van der Waals surface area contributed by atoms with Gasteiger partial charge in [-0.25, -0.2) is 19.2 Å². The van der Waals surface area contributed by atoms with Crippen LogP contribution in [-0.4, -0.2) is 75.0 Å². The first-order valence-corrected chi connectivity index (χ1v) is 22.3. The molecule has 2 aliphatic carbocycles. The van der Waals surface area contributed by atoms with Crippen LogP contribution >= 0.6 is 0 Å². The standard InChI is InChI=1S/C23H26N4O3.C14H12N4O6.C13H19N/c1-23(2,3)15-9-10-16-14(12-15)8-11-19(16)26-21(28)25-18-6-5-7-20-17(18)13-24-27(20)22(29)30-4;1-23-14(22)17-10-4-2-3-9(8(10)7-15-17)16-13(21)24-18-11(19)5-6-12(18)20;1-13(2,3)10-5-6-11-9(8-10)4-7-12(11)14/h5-7,9-10,12-13,19H,8,11H2,1-4H3,(H2,25,26,28);2-4,7H,5-6H2,1H3,(H,16,21);5-6,8,12H,4,7,14H2,1-3H3/t19-;;12-/m0.1/s1. The van der Waals surface area contributed by atoms with Crippen LogP contribution in [-0.2, 0) is 47.6 Å². The number of benzene rings is 4. The molecular weight excluding hydrogens is 871 g/mol. The van der Waals surface area contributed by atoms with E-state index >= 15 is 0 Å². The summed E-state index contributed by atoms with van der Waals surface area (Å²) in [4.78, 5) is 75.6. The third kappa shape index (κ3) is 10.5. The monoisotopic (exact) mass is 927 g/mol. The van der Waals surface area contributed by atoms with Crippen molar-refractivity contribution in [3.63, 3.8) is 0 Å². The average Bonchev–Trinajstić information content (AvgIpc) is 4.16. The highest BCUT2D eigenvalue weighted by molar-refractivity contribution is 6.04. The molecule has 18 heteroatoms. The van der Waals surface area contributed by atoms with Gasteiger partial charge in [-0.2, -0.15) is 19.6 Å². The summed E-state index contributed by atoms with van der Waals surface area (Å²) < 4.78 is 11.5. The second-order valence-electron chi connectivity index (χ2n) is 18.8. The van der Waals surface area contributed by atoms with Crippen LogP contribution in [0.3, 0.4) is 0 Å². The fraction of sp³-hybridized carbons (Fsp3) is 0.360. The summed E-state index contributed by atoms with van der Waals surface area (Å²) in [5.41, 5.74) is 16.2. The first-order valence-electron chi connectivity index (χ1n) is 22.3. The lowest BCUT2D eigenvalue weighted by molar-refractivity contribution is -0.170. The van der Waals surface area contributed by atoms with E-state index in [4.69, 9.17) is 15.3 Å². The van der Waals surface area contributed by atoms with E-state index in [9.17, 15) is 28.8 Å². The van der Waals surface area contributed by atoms with Crippen LogP contribution in [0.4, 0.5) is 30.6 Å². The Hall–Kier alpha value is -7.60. The summed E-state index contributed by atoms with van der Waals surface area (Å²) in [6.07, 6.45) is 4.75. The molecule has 0 spiro atoms. The molecule has 356 valence electrons. The quantitative estimate of drug-likeness (QED) is 0.121. The van der Waals surface area contributed by atoms with E-state index in [0.717, 1.165) is 30.4 Å². The topological polar surface area (TPSA) is 231 Å². The van der Waals surface area contributed by atoms with E-state index in [-0.39, 0.29) is 41.8 Å². The Kier molecular flexibility index (Phi) is 14.0. The molecule has 1 saturated heterocycles. The van der Waals surface area contributed by atoms with Crippen molar-refractivity contribution in [2.24, 2.45) is 5.73 Å². The normalized spacial score (nSPS) is 16.2. The summed E-state index contributed by atoms with van der Waals surface area (Å²) in [7, 11) is 2.52. The van der Waals surface area contributed by atoms with Gasteiger partial charge in [-0.05, 0) is 94.2 Å². The Bertz CT molecular complexity index is 2910. The van der Waals surface area contributed by atoms with Gasteiger partial charge in [0.1, 0.15) is 0 Å². The highest BCUT2D eigenvalue weighted by Gasteiger charge is 2.33. The zero-order chi connectivity index (χ0) is 49.1. The van der Waals surface area contributed by atoms with Crippen LogP contribution < -0.4 is 21.7 Å². The minimum absolute atomic E-state index is 0.00754. The molecule has 0 radical (unpaired) electrons. The Labute approximate surface area is 393 Å². The summed E-state index contributed by atoms with van der Waals surface area (Å²) in [6.45, 7) is 13.4. The number of anilines is 2. The molecule has 0 saturated carbocycles. The van der Waals surface area contributed by atoms with E-state index < -0.39 is 30.1 Å².